The fourth-order valence-corrected chi connectivity index (χ4v) is 1.29. The maximum Gasteiger partial charge on any atom is 0.0574 e. The Labute approximate surface area is 82.9 Å². The second-order valence-corrected chi connectivity index (χ2v) is 5.09. The highest BCUT2D eigenvalue weighted by molar-refractivity contribution is 5.18. The zero-order valence-electron chi connectivity index (χ0n) is 10.1. The Hall–Kier alpha value is -0.300. The van der Waals surface area contributed by atoms with Crippen LogP contribution in [0.15, 0.2) is 11.1 Å². The molecule has 0 aromatic carbocycles. The Morgan fingerprint density at radius 3 is 1.69 bits per heavy atom. The van der Waals surface area contributed by atoms with E-state index in [2.05, 4.69) is 41.5 Å². The van der Waals surface area contributed by atoms with Crippen LogP contribution in [0.3, 0.4) is 0 Å². The summed E-state index contributed by atoms with van der Waals surface area (Å²) in [4.78, 5) is 0. The van der Waals surface area contributed by atoms with E-state index in [1.165, 1.54) is 11.1 Å². The summed E-state index contributed by atoms with van der Waals surface area (Å²) in [6, 6.07) is 0. The molecule has 2 unspecified atom stereocenters. The smallest absolute Gasteiger partial charge is 0.0574 e. The van der Waals surface area contributed by atoms with E-state index in [9.17, 15) is 5.11 Å². The molecule has 0 heterocycles. The van der Waals surface area contributed by atoms with E-state index >= 15 is 0 Å². The normalized spacial score (nSPS) is 19.4. The van der Waals surface area contributed by atoms with Crippen LogP contribution in [0.2, 0.25) is 0 Å². The van der Waals surface area contributed by atoms with Crippen molar-refractivity contribution in [1.82, 2.24) is 0 Å². The van der Waals surface area contributed by atoms with Crippen LogP contribution < -0.4 is 0 Å². The van der Waals surface area contributed by atoms with Crippen molar-refractivity contribution in [2.24, 2.45) is 11.3 Å². The Morgan fingerprint density at radius 2 is 1.46 bits per heavy atom. The molecule has 0 saturated carbocycles. The third-order valence-corrected chi connectivity index (χ3v) is 3.12. The average molecular weight is 184 g/mol. The lowest BCUT2D eigenvalue weighted by Gasteiger charge is -2.26. The number of allylic oxidation sites excluding steroid dienone is 1. The van der Waals surface area contributed by atoms with Crippen molar-refractivity contribution in [1.29, 1.82) is 0 Å². The molecule has 0 aliphatic rings. The summed E-state index contributed by atoms with van der Waals surface area (Å²) in [6.45, 7) is 14.8. The van der Waals surface area contributed by atoms with Crippen molar-refractivity contribution in [3.8, 4) is 0 Å². The molecule has 0 aliphatic carbocycles. The topological polar surface area (TPSA) is 20.2 Å². The van der Waals surface area contributed by atoms with Crippen molar-refractivity contribution in [3.05, 3.63) is 11.1 Å². The maximum atomic E-state index is 9.47. The second-order valence-electron chi connectivity index (χ2n) is 5.09. The first-order chi connectivity index (χ1) is 5.68. The summed E-state index contributed by atoms with van der Waals surface area (Å²) < 4.78 is 0. The molecule has 13 heavy (non-hydrogen) atoms. The number of hydrogen-bond donors (Lipinski definition) is 1. The fraction of sp³-hybridized carbons (Fsp3) is 0.833. The summed E-state index contributed by atoms with van der Waals surface area (Å²) in [7, 11) is 0. The number of aliphatic hydroxyl groups excluding tert-OH is 1. The lowest BCUT2D eigenvalue weighted by Crippen LogP contribution is -2.18. The second kappa shape index (κ2) is 4.28. The zero-order chi connectivity index (χ0) is 10.8. The molecule has 0 aliphatic heterocycles. The van der Waals surface area contributed by atoms with Gasteiger partial charge in [-0.15, -0.1) is 0 Å². The van der Waals surface area contributed by atoms with Gasteiger partial charge in [0.2, 0.25) is 0 Å². The fourth-order valence-electron chi connectivity index (χ4n) is 1.29. The summed E-state index contributed by atoms with van der Waals surface area (Å²) in [6.07, 6.45) is -0.253. The SMILES string of the molecule is C/C(=C(/C)C(C)(C)C)C(C)C(C)O. The van der Waals surface area contributed by atoms with Crippen LogP contribution >= 0.6 is 0 Å². The van der Waals surface area contributed by atoms with Gasteiger partial charge in [0, 0.05) is 5.92 Å². The van der Waals surface area contributed by atoms with E-state index in [0.29, 0.717) is 0 Å². The summed E-state index contributed by atoms with van der Waals surface area (Å²) in [5.41, 5.74) is 2.93. The van der Waals surface area contributed by atoms with Crippen LogP contribution in [0.25, 0.3) is 0 Å². The van der Waals surface area contributed by atoms with Gasteiger partial charge in [-0.2, -0.15) is 0 Å². The Balaban J connectivity index is 4.82. The largest absolute Gasteiger partial charge is 0.393 e. The van der Waals surface area contributed by atoms with E-state index in [-0.39, 0.29) is 17.4 Å². The molecule has 0 saturated heterocycles. The van der Waals surface area contributed by atoms with E-state index in [4.69, 9.17) is 0 Å². The van der Waals surface area contributed by atoms with E-state index in [0.717, 1.165) is 0 Å². The molecule has 1 nitrogen and oxygen atoms in total. The molecule has 78 valence electrons. The van der Waals surface area contributed by atoms with Crippen LogP contribution in [0.1, 0.15) is 48.5 Å². The third kappa shape index (κ3) is 3.51. The molecule has 0 radical (unpaired) electrons. The molecule has 0 rings (SSSR count). The minimum absolute atomic E-state index is 0.216. The van der Waals surface area contributed by atoms with Crippen molar-refractivity contribution in [2.75, 3.05) is 0 Å². The van der Waals surface area contributed by atoms with Gasteiger partial charge in [-0.1, -0.05) is 38.8 Å². The molecule has 0 aromatic rings. The van der Waals surface area contributed by atoms with E-state index < -0.39 is 0 Å². The van der Waals surface area contributed by atoms with Gasteiger partial charge in [-0.05, 0) is 26.2 Å². The van der Waals surface area contributed by atoms with Gasteiger partial charge in [0.15, 0.2) is 0 Å². The monoisotopic (exact) mass is 184 g/mol. The molecule has 2 atom stereocenters. The average Bonchev–Trinajstić information content (AvgIpc) is 1.98. The molecule has 0 amide bonds. The minimum Gasteiger partial charge on any atom is -0.393 e. The summed E-state index contributed by atoms with van der Waals surface area (Å²) in [5.74, 6) is 0.263. The lowest BCUT2D eigenvalue weighted by molar-refractivity contribution is 0.151. The van der Waals surface area contributed by atoms with Crippen LogP contribution in [0, 0.1) is 11.3 Å². The third-order valence-electron chi connectivity index (χ3n) is 3.12. The Bertz CT molecular complexity index is 194. The molecular weight excluding hydrogens is 160 g/mol. The molecule has 0 fully saturated rings. The molecular formula is C12H24O. The molecule has 1 N–H and O–H groups in total. The van der Waals surface area contributed by atoms with Crippen molar-refractivity contribution < 1.29 is 5.11 Å². The van der Waals surface area contributed by atoms with Gasteiger partial charge in [-0.25, -0.2) is 0 Å². The predicted octanol–water partition coefficient (Wildman–Crippen LogP) is 3.39. The van der Waals surface area contributed by atoms with Crippen LogP contribution in [0.5, 0.6) is 0 Å². The molecule has 1 heteroatoms. The van der Waals surface area contributed by atoms with E-state index in [1.54, 1.807) is 0 Å². The number of aliphatic hydroxyl groups is 1. The van der Waals surface area contributed by atoms with Crippen molar-refractivity contribution in [2.45, 2.75) is 54.6 Å². The first kappa shape index (κ1) is 12.7. The molecule has 0 spiro atoms. The quantitative estimate of drug-likeness (QED) is 0.652. The molecule has 0 bridgehead atoms. The highest BCUT2D eigenvalue weighted by Gasteiger charge is 2.19. The van der Waals surface area contributed by atoms with Crippen molar-refractivity contribution >= 4 is 0 Å². The van der Waals surface area contributed by atoms with Gasteiger partial charge in [0.25, 0.3) is 0 Å². The van der Waals surface area contributed by atoms with Crippen LogP contribution in [-0.2, 0) is 0 Å². The first-order valence-corrected chi connectivity index (χ1v) is 5.03. The van der Waals surface area contributed by atoms with Gasteiger partial charge in [0.05, 0.1) is 6.10 Å². The highest BCUT2D eigenvalue weighted by atomic mass is 16.3. The summed E-state index contributed by atoms with van der Waals surface area (Å²) >= 11 is 0. The minimum atomic E-state index is -0.253. The maximum absolute atomic E-state index is 9.47. The Kier molecular flexibility index (Phi) is 4.18. The zero-order valence-corrected chi connectivity index (χ0v) is 10.1. The summed E-state index contributed by atoms with van der Waals surface area (Å²) in [5, 5.41) is 9.47. The first-order valence-electron chi connectivity index (χ1n) is 5.03. The Morgan fingerprint density at radius 1 is 1.08 bits per heavy atom. The van der Waals surface area contributed by atoms with Gasteiger partial charge in [0.1, 0.15) is 0 Å². The highest BCUT2D eigenvalue weighted by Crippen LogP contribution is 2.31. The van der Waals surface area contributed by atoms with Gasteiger partial charge < -0.3 is 5.11 Å². The lowest BCUT2D eigenvalue weighted by atomic mass is 9.80. The van der Waals surface area contributed by atoms with Gasteiger partial charge >= 0.3 is 0 Å². The van der Waals surface area contributed by atoms with Crippen molar-refractivity contribution in [3.63, 3.8) is 0 Å². The number of rotatable bonds is 2. The van der Waals surface area contributed by atoms with Crippen LogP contribution in [0.4, 0.5) is 0 Å². The predicted molar refractivity (Wildman–Crippen MR) is 58.7 cm³/mol. The number of hydrogen-bond acceptors (Lipinski definition) is 1. The van der Waals surface area contributed by atoms with Gasteiger partial charge in [-0.3, -0.25) is 0 Å². The standard InChI is InChI=1S/C12H24O/c1-8(9(2)11(4)13)10(3)12(5,6)7/h9,11,13H,1-7H3/b10-8+. The van der Waals surface area contributed by atoms with Crippen LogP contribution in [-0.4, -0.2) is 11.2 Å². The molecule has 0 aromatic heterocycles. The van der Waals surface area contributed by atoms with E-state index in [1.807, 2.05) is 6.92 Å².